The van der Waals surface area contributed by atoms with Crippen molar-refractivity contribution in [2.75, 3.05) is 13.2 Å². The summed E-state index contributed by atoms with van der Waals surface area (Å²) in [5.41, 5.74) is 3.83. The quantitative estimate of drug-likeness (QED) is 0.740. The third-order valence-corrected chi connectivity index (χ3v) is 6.32. The molecule has 1 unspecified atom stereocenters. The van der Waals surface area contributed by atoms with E-state index in [1.54, 1.807) is 0 Å². The average molecular weight is 380 g/mol. The second kappa shape index (κ2) is 7.41. The predicted octanol–water partition coefficient (Wildman–Crippen LogP) is 5.13. The average Bonchev–Trinajstić information content (AvgIpc) is 3.18. The number of benzene rings is 2. The summed E-state index contributed by atoms with van der Waals surface area (Å²) < 4.78 is 24.2. The highest BCUT2D eigenvalue weighted by atomic mass is 16.7. The van der Waals surface area contributed by atoms with Gasteiger partial charge in [-0.3, -0.25) is 0 Å². The molecule has 3 aliphatic rings. The summed E-state index contributed by atoms with van der Waals surface area (Å²) >= 11 is 0. The van der Waals surface area contributed by atoms with E-state index in [1.807, 2.05) is 6.07 Å². The van der Waals surface area contributed by atoms with Crippen LogP contribution in [-0.2, 0) is 15.9 Å². The fraction of sp³-hybridized carbons (Fsp3) is 0.500. The van der Waals surface area contributed by atoms with E-state index < -0.39 is 0 Å². The summed E-state index contributed by atoms with van der Waals surface area (Å²) in [6.45, 7) is 3.60. The van der Waals surface area contributed by atoms with Crippen LogP contribution in [0.3, 0.4) is 0 Å². The van der Waals surface area contributed by atoms with Crippen LogP contribution in [0.5, 0.6) is 11.5 Å². The van der Waals surface area contributed by atoms with Gasteiger partial charge in [-0.15, -0.1) is 0 Å². The van der Waals surface area contributed by atoms with Gasteiger partial charge in [-0.05, 0) is 67.5 Å². The van der Waals surface area contributed by atoms with Gasteiger partial charge in [0.25, 0.3) is 0 Å². The van der Waals surface area contributed by atoms with Gasteiger partial charge in [0, 0.05) is 12.8 Å². The van der Waals surface area contributed by atoms with Crippen molar-refractivity contribution in [1.29, 1.82) is 0 Å². The molecule has 2 aromatic carbocycles. The zero-order chi connectivity index (χ0) is 19.0. The molecule has 2 aliphatic heterocycles. The van der Waals surface area contributed by atoms with Crippen LogP contribution in [0.2, 0.25) is 0 Å². The molecule has 4 heteroatoms. The van der Waals surface area contributed by atoms with Gasteiger partial charge < -0.3 is 18.9 Å². The summed E-state index contributed by atoms with van der Waals surface area (Å²) in [6.07, 6.45) is 6.18. The number of hydrogen-bond donors (Lipinski definition) is 0. The highest BCUT2D eigenvalue weighted by Gasteiger charge is 2.40. The van der Waals surface area contributed by atoms with Crippen molar-refractivity contribution in [3.8, 4) is 11.5 Å². The Kier molecular flexibility index (Phi) is 4.77. The minimum absolute atomic E-state index is 0.140. The van der Waals surface area contributed by atoms with Crippen molar-refractivity contribution in [2.45, 2.75) is 63.4 Å². The third kappa shape index (κ3) is 3.51. The monoisotopic (exact) mass is 380 g/mol. The van der Waals surface area contributed by atoms with Crippen LogP contribution < -0.4 is 9.47 Å². The van der Waals surface area contributed by atoms with Crippen LogP contribution in [0.1, 0.15) is 54.9 Å². The molecular weight excluding hydrogens is 352 g/mol. The molecule has 5 rings (SSSR count). The van der Waals surface area contributed by atoms with Gasteiger partial charge in [0.15, 0.2) is 5.79 Å². The van der Waals surface area contributed by atoms with Crippen molar-refractivity contribution in [2.24, 2.45) is 0 Å². The van der Waals surface area contributed by atoms with Gasteiger partial charge in [-0.1, -0.05) is 24.3 Å². The van der Waals surface area contributed by atoms with Crippen LogP contribution in [0.25, 0.3) is 0 Å². The van der Waals surface area contributed by atoms with Gasteiger partial charge in [0.2, 0.25) is 0 Å². The standard InChI is InChI=1S/C24H28O4/c1-17-4-2-3-5-21(17)23-8-6-18-16-20(7-9-22(18)28-23)27-19-10-12-24(13-11-19)25-14-15-26-24/h2-5,7,9,16,19,23H,6,8,10-15H2,1H3. The van der Waals surface area contributed by atoms with E-state index in [9.17, 15) is 0 Å². The molecule has 2 fully saturated rings. The first kappa shape index (κ1) is 18.0. The van der Waals surface area contributed by atoms with Gasteiger partial charge >= 0.3 is 0 Å². The maximum absolute atomic E-state index is 6.32. The molecule has 1 aliphatic carbocycles. The first-order chi connectivity index (χ1) is 13.7. The molecule has 1 atom stereocenters. The summed E-state index contributed by atoms with van der Waals surface area (Å²) in [4.78, 5) is 0. The largest absolute Gasteiger partial charge is 0.490 e. The van der Waals surface area contributed by atoms with Gasteiger partial charge in [0.1, 0.15) is 17.6 Å². The molecule has 2 heterocycles. The molecule has 0 N–H and O–H groups in total. The second-order valence-electron chi connectivity index (χ2n) is 8.20. The Labute approximate surface area is 166 Å². The number of hydrogen-bond acceptors (Lipinski definition) is 4. The molecule has 0 bridgehead atoms. The van der Waals surface area contributed by atoms with Crippen molar-refractivity contribution in [3.63, 3.8) is 0 Å². The van der Waals surface area contributed by atoms with Gasteiger partial charge in [0.05, 0.1) is 19.3 Å². The second-order valence-corrected chi connectivity index (χ2v) is 8.20. The lowest BCUT2D eigenvalue weighted by Crippen LogP contribution is -2.38. The molecule has 1 spiro atoms. The molecular formula is C24H28O4. The topological polar surface area (TPSA) is 36.9 Å². The van der Waals surface area contributed by atoms with Crippen LogP contribution in [0.4, 0.5) is 0 Å². The molecule has 0 radical (unpaired) electrons. The predicted molar refractivity (Wildman–Crippen MR) is 107 cm³/mol. The van der Waals surface area contributed by atoms with E-state index in [4.69, 9.17) is 18.9 Å². The number of fused-ring (bicyclic) bond motifs is 1. The fourth-order valence-electron chi connectivity index (χ4n) is 4.73. The SMILES string of the molecule is Cc1ccccc1C1CCc2cc(OC3CCC4(CC3)OCCO4)ccc2O1. The maximum Gasteiger partial charge on any atom is 0.168 e. The van der Waals surface area contributed by atoms with Crippen molar-refractivity contribution >= 4 is 0 Å². The smallest absolute Gasteiger partial charge is 0.168 e. The van der Waals surface area contributed by atoms with E-state index in [-0.39, 0.29) is 18.0 Å². The third-order valence-electron chi connectivity index (χ3n) is 6.32. The van der Waals surface area contributed by atoms with Gasteiger partial charge in [-0.2, -0.15) is 0 Å². The molecule has 0 aromatic heterocycles. The highest BCUT2D eigenvalue weighted by molar-refractivity contribution is 5.43. The minimum Gasteiger partial charge on any atom is -0.490 e. The van der Waals surface area contributed by atoms with E-state index in [0.717, 1.165) is 63.2 Å². The Morgan fingerprint density at radius 2 is 1.75 bits per heavy atom. The number of aryl methyl sites for hydroxylation is 2. The normalized spacial score (nSPS) is 24.0. The summed E-state index contributed by atoms with van der Waals surface area (Å²) in [5.74, 6) is 1.61. The van der Waals surface area contributed by atoms with Crippen molar-refractivity contribution < 1.29 is 18.9 Å². The highest BCUT2D eigenvalue weighted by Crippen LogP contribution is 2.40. The zero-order valence-corrected chi connectivity index (χ0v) is 16.5. The zero-order valence-electron chi connectivity index (χ0n) is 16.5. The van der Waals surface area contributed by atoms with Crippen LogP contribution in [0.15, 0.2) is 42.5 Å². The summed E-state index contributed by atoms with van der Waals surface area (Å²) in [5, 5.41) is 0. The number of ether oxygens (including phenoxy) is 4. The Morgan fingerprint density at radius 1 is 0.964 bits per heavy atom. The van der Waals surface area contributed by atoms with E-state index in [2.05, 4.69) is 43.3 Å². The molecule has 0 amide bonds. The van der Waals surface area contributed by atoms with Crippen LogP contribution >= 0.6 is 0 Å². The fourth-order valence-corrected chi connectivity index (χ4v) is 4.73. The minimum atomic E-state index is -0.325. The maximum atomic E-state index is 6.32. The lowest BCUT2D eigenvalue weighted by Gasteiger charge is -2.35. The Hall–Kier alpha value is -2.04. The van der Waals surface area contributed by atoms with Crippen molar-refractivity contribution in [3.05, 3.63) is 59.2 Å². The lowest BCUT2D eigenvalue weighted by atomic mass is 9.91. The van der Waals surface area contributed by atoms with Crippen LogP contribution in [0, 0.1) is 6.92 Å². The van der Waals surface area contributed by atoms with Crippen LogP contribution in [-0.4, -0.2) is 25.1 Å². The van der Waals surface area contributed by atoms with E-state index in [0.29, 0.717) is 0 Å². The molecule has 1 saturated carbocycles. The van der Waals surface area contributed by atoms with Gasteiger partial charge in [-0.25, -0.2) is 0 Å². The summed E-state index contributed by atoms with van der Waals surface area (Å²) in [7, 11) is 0. The Bertz CT molecular complexity index is 830. The lowest BCUT2D eigenvalue weighted by molar-refractivity contribution is -0.186. The first-order valence-electron chi connectivity index (χ1n) is 10.5. The first-order valence-corrected chi connectivity index (χ1v) is 10.5. The summed E-state index contributed by atoms with van der Waals surface area (Å²) in [6, 6.07) is 14.8. The molecule has 1 saturated heterocycles. The Morgan fingerprint density at radius 3 is 2.54 bits per heavy atom. The number of rotatable bonds is 3. The molecule has 4 nitrogen and oxygen atoms in total. The Balaban J connectivity index is 1.23. The van der Waals surface area contributed by atoms with Crippen molar-refractivity contribution in [1.82, 2.24) is 0 Å². The molecule has 28 heavy (non-hydrogen) atoms. The van der Waals surface area contributed by atoms with E-state index in [1.165, 1.54) is 16.7 Å². The van der Waals surface area contributed by atoms with E-state index >= 15 is 0 Å². The molecule has 2 aromatic rings. The molecule has 148 valence electrons.